The van der Waals surface area contributed by atoms with Crippen molar-refractivity contribution in [3.8, 4) is 0 Å². The molecule has 0 aliphatic rings. The number of carbonyl (C=O) groups is 1. The highest BCUT2D eigenvalue weighted by Crippen LogP contribution is 2.19. The fourth-order valence-electron chi connectivity index (χ4n) is 1.89. The summed E-state index contributed by atoms with van der Waals surface area (Å²) in [7, 11) is 0. The lowest BCUT2D eigenvalue weighted by molar-refractivity contribution is 0.0968. The predicted molar refractivity (Wildman–Crippen MR) is 73.3 cm³/mol. The van der Waals surface area contributed by atoms with Crippen LogP contribution in [0.2, 0.25) is 0 Å². The maximum absolute atomic E-state index is 12.0. The molecule has 0 aromatic carbocycles. The molecule has 0 saturated carbocycles. The maximum atomic E-state index is 12.0. The molecule has 0 saturated heterocycles. The first-order valence-electron chi connectivity index (χ1n) is 6.45. The lowest BCUT2D eigenvalue weighted by Crippen LogP contribution is -2.10. The Balaban J connectivity index is 2.44. The normalized spacial score (nSPS) is 10.8. The van der Waals surface area contributed by atoms with E-state index in [1.807, 2.05) is 6.92 Å². The van der Waals surface area contributed by atoms with Crippen molar-refractivity contribution in [3.63, 3.8) is 0 Å². The Hall–Kier alpha value is -0.640. The van der Waals surface area contributed by atoms with Gasteiger partial charge < -0.3 is 0 Å². The van der Waals surface area contributed by atoms with Crippen LogP contribution >= 0.6 is 15.9 Å². The summed E-state index contributed by atoms with van der Waals surface area (Å²) in [6.45, 7) is 4.93. The Labute approximate surface area is 112 Å². The Bertz CT molecular complexity index is 360. The minimum atomic E-state index is 0.202. The second-order valence-corrected chi connectivity index (χ2v) is 5.10. The van der Waals surface area contributed by atoms with E-state index in [9.17, 15) is 4.79 Å². The monoisotopic (exact) mass is 300 g/mol. The number of hydrogen-bond donors (Lipinski definition) is 0. The summed E-state index contributed by atoms with van der Waals surface area (Å²) < 4.78 is 2.58. The summed E-state index contributed by atoms with van der Waals surface area (Å²) >= 11 is 3.39. The zero-order chi connectivity index (χ0) is 12.7. The number of Topliss-reactive ketones (excluding diaryl/α,β-unsaturated/α-hetero) is 1. The zero-order valence-electron chi connectivity index (χ0n) is 10.7. The third-order valence-electron chi connectivity index (χ3n) is 2.87. The maximum Gasteiger partial charge on any atom is 0.182 e. The van der Waals surface area contributed by atoms with Crippen LogP contribution in [0.3, 0.4) is 0 Å². The van der Waals surface area contributed by atoms with Gasteiger partial charge in [-0.3, -0.25) is 9.48 Å². The highest BCUT2D eigenvalue weighted by Gasteiger charge is 2.15. The van der Waals surface area contributed by atoms with Gasteiger partial charge >= 0.3 is 0 Å². The molecule has 0 bridgehead atoms. The van der Waals surface area contributed by atoms with Crippen LogP contribution in [-0.4, -0.2) is 15.6 Å². The van der Waals surface area contributed by atoms with E-state index >= 15 is 0 Å². The number of nitrogens with zero attached hydrogens (tertiary/aromatic N) is 2. The molecule has 4 heteroatoms. The van der Waals surface area contributed by atoms with Gasteiger partial charge in [0, 0.05) is 13.0 Å². The molecule has 0 aliphatic heterocycles. The number of ketones is 1. The Morgan fingerprint density at radius 3 is 2.65 bits per heavy atom. The van der Waals surface area contributed by atoms with Crippen LogP contribution in [0.5, 0.6) is 0 Å². The molecule has 0 amide bonds. The van der Waals surface area contributed by atoms with Crippen LogP contribution in [-0.2, 0) is 6.54 Å². The Morgan fingerprint density at radius 2 is 2.00 bits per heavy atom. The molecule has 1 heterocycles. The summed E-state index contributed by atoms with van der Waals surface area (Å²) in [5.41, 5.74) is 0.725. The van der Waals surface area contributed by atoms with E-state index in [4.69, 9.17) is 0 Å². The van der Waals surface area contributed by atoms with E-state index in [2.05, 4.69) is 28.0 Å². The number of rotatable bonds is 8. The molecule has 1 rings (SSSR count). The molecule has 0 atom stereocenters. The van der Waals surface area contributed by atoms with Crippen LogP contribution in [0, 0.1) is 0 Å². The van der Waals surface area contributed by atoms with Crippen LogP contribution in [0.15, 0.2) is 10.7 Å². The quantitative estimate of drug-likeness (QED) is 0.532. The van der Waals surface area contributed by atoms with Crippen molar-refractivity contribution < 1.29 is 4.79 Å². The van der Waals surface area contributed by atoms with Gasteiger partial charge in [0.15, 0.2) is 5.78 Å². The molecule has 0 spiro atoms. The van der Waals surface area contributed by atoms with E-state index in [0.717, 1.165) is 29.6 Å². The molecule has 0 fully saturated rings. The molecule has 17 heavy (non-hydrogen) atoms. The summed E-state index contributed by atoms with van der Waals surface area (Å²) in [5, 5.41) is 4.16. The topological polar surface area (TPSA) is 34.9 Å². The SMILES string of the molecule is CCCCCCCC(=O)c1c(Br)cnn1CC. The largest absolute Gasteiger partial charge is 0.292 e. The van der Waals surface area contributed by atoms with Crippen molar-refractivity contribution in [1.29, 1.82) is 0 Å². The van der Waals surface area contributed by atoms with Gasteiger partial charge in [-0.15, -0.1) is 0 Å². The molecular weight excluding hydrogens is 280 g/mol. The molecule has 0 N–H and O–H groups in total. The average Bonchev–Trinajstić information content (AvgIpc) is 2.70. The van der Waals surface area contributed by atoms with Gasteiger partial charge in [0.05, 0.1) is 10.7 Å². The number of unbranched alkanes of at least 4 members (excludes halogenated alkanes) is 4. The van der Waals surface area contributed by atoms with E-state index in [0.29, 0.717) is 6.42 Å². The van der Waals surface area contributed by atoms with Crippen molar-refractivity contribution in [2.75, 3.05) is 0 Å². The number of halogens is 1. The van der Waals surface area contributed by atoms with E-state index in [1.165, 1.54) is 19.3 Å². The van der Waals surface area contributed by atoms with Gasteiger partial charge in [-0.05, 0) is 29.3 Å². The molecular formula is C13H21BrN2O. The van der Waals surface area contributed by atoms with Crippen LogP contribution in [0.25, 0.3) is 0 Å². The summed E-state index contributed by atoms with van der Waals surface area (Å²) in [5.74, 6) is 0.202. The lowest BCUT2D eigenvalue weighted by atomic mass is 10.1. The van der Waals surface area contributed by atoms with Gasteiger partial charge in [-0.2, -0.15) is 5.10 Å². The Kier molecular flexibility index (Phi) is 6.48. The van der Waals surface area contributed by atoms with Crippen molar-refractivity contribution in [1.82, 2.24) is 9.78 Å². The van der Waals surface area contributed by atoms with Crippen molar-refractivity contribution in [2.45, 2.75) is 58.9 Å². The van der Waals surface area contributed by atoms with Crippen molar-refractivity contribution in [2.24, 2.45) is 0 Å². The van der Waals surface area contributed by atoms with E-state index in [1.54, 1.807) is 10.9 Å². The molecule has 1 aromatic heterocycles. The standard InChI is InChI=1S/C13H21BrN2O/c1-3-5-6-7-8-9-12(17)13-11(14)10-15-16(13)4-2/h10H,3-9H2,1-2H3. The van der Waals surface area contributed by atoms with Gasteiger partial charge in [0.25, 0.3) is 0 Å². The van der Waals surface area contributed by atoms with Gasteiger partial charge in [0.2, 0.25) is 0 Å². The molecule has 1 aromatic rings. The summed E-state index contributed by atoms with van der Waals surface area (Å²) in [6, 6.07) is 0. The smallest absolute Gasteiger partial charge is 0.182 e. The third kappa shape index (κ3) is 4.26. The lowest BCUT2D eigenvalue weighted by Gasteiger charge is -2.04. The Morgan fingerprint density at radius 1 is 1.29 bits per heavy atom. The predicted octanol–water partition coefficient (Wildman–Crippen LogP) is 4.21. The second-order valence-electron chi connectivity index (χ2n) is 4.24. The first-order chi connectivity index (χ1) is 8.20. The minimum Gasteiger partial charge on any atom is -0.292 e. The van der Waals surface area contributed by atoms with Gasteiger partial charge in [-0.1, -0.05) is 32.6 Å². The van der Waals surface area contributed by atoms with Gasteiger partial charge in [-0.25, -0.2) is 0 Å². The van der Waals surface area contributed by atoms with Crippen molar-refractivity contribution >= 4 is 21.7 Å². The van der Waals surface area contributed by atoms with Crippen molar-refractivity contribution in [3.05, 3.63) is 16.4 Å². The first-order valence-corrected chi connectivity index (χ1v) is 7.24. The molecule has 0 unspecified atom stereocenters. The fourth-order valence-corrected chi connectivity index (χ4v) is 2.40. The molecule has 0 aliphatic carbocycles. The number of carbonyl (C=O) groups excluding carboxylic acids is 1. The van der Waals surface area contributed by atoms with E-state index in [-0.39, 0.29) is 5.78 Å². The average molecular weight is 301 g/mol. The highest BCUT2D eigenvalue weighted by molar-refractivity contribution is 9.10. The van der Waals surface area contributed by atoms with Crippen LogP contribution in [0.1, 0.15) is 62.9 Å². The number of hydrogen-bond acceptors (Lipinski definition) is 2. The number of aromatic nitrogens is 2. The summed E-state index contributed by atoms with van der Waals surface area (Å²) in [4.78, 5) is 12.0. The molecule has 0 radical (unpaired) electrons. The van der Waals surface area contributed by atoms with Gasteiger partial charge in [0.1, 0.15) is 5.69 Å². The zero-order valence-corrected chi connectivity index (χ0v) is 12.3. The second kappa shape index (κ2) is 7.64. The minimum absolute atomic E-state index is 0.202. The third-order valence-corrected chi connectivity index (χ3v) is 3.45. The first kappa shape index (κ1) is 14.4. The number of aryl methyl sites for hydroxylation is 1. The van der Waals surface area contributed by atoms with Crippen LogP contribution < -0.4 is 0 Å². The molecule has 3 nitrogen and oxygen atoms in total. The summed E-state index contributed by atoms with van der Waals surface area (Å²) in [6.07, 6.45) is 8.21. The van der Waals surface area contributed by atoms with Crippen LogP contribution in [0.4, 0.5) is 0 Å². The van der Waals surface area contributed by atoms with E-state index < -0.39 is 0 Å². The fraction of sp³-hybridized carbons (Fsp3) is 0.692. The highest BCUT2D eigenvalue weighted by atomic mass is 79.9. The molecule has 96 valence electrons.